The maximum Gasteiger partial charge on any atom is 0.302 e. The second kappa shape index (κ2) is 12.9. The number of carbonyl (C=O) groups is 3. The number of carbonyl (C=O) groups excluding carboxylic acids is 3. The molecule has 0 saturated heterocycles. The zero-order valence-corrected chi connectivity index (χ0v) is 11.4. The van der Waals surface area contributed by atoms with Crippen molar-refractivity contribution in [2.75, 3.05) is 6.61 Å². The fourth-order valence-electron chi connectivity index (χ4n) is 0.830. The van der Waals surface area contributed by atoms with E-state index in [1.54, 1.807) is 13.8 Å². The number of rotatable bonds is 7. The quantitative estimate of drug-likeness (QED) is 0.392. The van der Waals surface area contributed by atoms with Gasteiger partial charge in [-0.3, -0.25) is 14.4 Å². The van der Waals surface area contributed by atoms with E-state index in [2.05, 4.69) is 11.7 Å². The molecule has 0 aliphatic rings. The molecule has 0 aliphatic heterocycles. The normalized spacial score (nSPS) is 8.94. The van der Waals surface area contributed by atoms with E-state index in [-0.39, 0.29) is 24.0 Å². The highest BCUT2D eigenvalue weighted by molar-refractivity contribution is 5.98. The molecule has 100 valence electrons. The summed E-state index contributed by atoms with van der Waals surface area (Å²) < 4.78 is 4.64. The topological polar surface area (TPSA) is 60.4 Å². The third-order valence-electron chi connectivity index (χ3n) is 1.99. The Bertz CT molecular complexity index is 220. The van der Waals surface area contributed by atoms with Crippen molar-refractivity contribution in [3.8, 4) is 0 Å². The van der Waals surface area contributed by atoms with Gasteiger partial charge in [0, 0.05) is 19.8 Å². The highest BCUT2D eigenvalue weighted by Gasteiger charge is 2.03. The zero-order valence-electron chi connectivity index (χ0n) is 11.4. The van der Waals surface area contributed by atoms with Crippen LogP contribution < -0.4 is 0 Å². The van der Waals surface area contributed by atoms with E-state index in [9.17, 15) is 14.4 Å². The summed E-state index contributed by atoms with van der Waals surface area (Å²) in [6.45, 7) is 7.60. The van der Waals surface area contributed by atoms with Gasteiger partial charge in [-0.05, 0) is 6.42 Å². The van der Waals surface area contributed by atoms with Gasteiger partial charge in [-0.25, -0.2) is 0 Å². The summed E-state index contributed by atoms with van der Waals surface area (Å²) in [7, 11) is 0. The monoisotopic (exact) mass is 244 g/mol. The van der Waals surface area contributed by atoms with Gasteiger partial charge in [0.05, 0.1) is 13.0 Å². The van der Waals surface area contributed by atoms with Gasteiger partial charge in [-0.2, -0.15) is 0 Å². The third-order valence-corrected chi connectivity index (χ3v) is 1.99. The number of hydrogen-bond acceptors (Lipinski definition) is 4. The summed E-state index contributed by atoms with van der Waals surface area (Å²) in [5.74, 6) is -0.0952. The Morgan fingerprint density at radius 2 is 1.41 bits per heavy atom. The fraction of sp³-hybridized carbons (Fsp3) is 0.769. The van der Waals surface area contributed by atoms with Gasteiger partial charge in [0.2, 0.25) is 0 Å². The van der Waals surface area contributed by atoms with Crippen LogP contribution in [0.2, 0.25) is 0 Å². The van der Waals surface area contributed by atoms with Gasteiger partial charge in [-0.1, -0.05) is 27.2 Å². The fourth-order valence-corrected chi connectivity index (χ4v) is 0.830. The lowest BCUT2D eigenvalue weighted by Crippen LogP contribution is -2.04. The molecule has 0 aromatic carbocycles. The van der Waals surface area contributed by atoms with E-state index >= 15 is 0 Å². The number of Topliss-reactive ketones (excluding diaryl/α,β-unsaturated/α-hetero) is 2. The second-order valence-corrected chi connectivity index (χ2v) is 3.65. The Labute approximate surface area is 104 Å². The molecule has 4 nitrogen and oxygen atoms in total. The molecule has 0 amide bonds. The summed E-state index contributed by atoms with van der Waals surface area (Å²) >= 11 is 0. The van der Waals surface area contributed by atoms with Crippen LogP contribution in [0.15, 0.2) is 0 Å². The molecular weight excluding hydrogens is 220 g/mol. The molecular formula is C13H24O4. The first-order chi connectivity index (χ1) is 7.97. The van der Waals surface area contributed by atoms with Crippen molar-refractivity contribution < 1.29 is 19.1 Å². The van der Waals surface area contributed by atoms with Crippen molar-refractivity contribution in [2.45, 2.75) is 59.8 Å². The molecule has 0 atom stereocenters. The number of ether oxygens (including phenoxy) is 1. The highest BCUT2D eigenvalue weighted by Crippen LogP contribution is 1.92. The SMILES string of the molecule is CCC(=O)CC(=O)CC.CCCCOC(C)=O. The van der Waals surface area contributed by atoms with Crippen molar-refractivity contribution in [3.63, 3.8) is 0 Å². The lowest BCUT2D eigenvalue weighted by Gasteiger charge is -1.96. The number of hydrogen-bond donors (Lipinski definition) is 0. The molecule has 0 heterocycles. The van der Waals surface area contributed by atoms with Crippen LogP contribution in [0.4, 0.5) is 0 Å². The summed E-state index contributed by atoms with van der Waals surface area (Å²) in [4.78, 5) is 31.2. The van der Waals surface area contributed by atoms with Crippen molar-refractivity contribution in [3.05, 3.63) is 0 Å². The molecule has 0 radical (unpaired) electrons. The van der Waals surface area contributed by atoms with Crippen LogP contribution in [0.1, 0.15) is 59.8 Å². The van der Waals surface area contributed by atoms with Crippen LogP contribution in [-0.2, 0) is 19.1 Å². The van der Waals surface area contributed by atoms with E-state index in [0.717, 1.165) is 12.8 Å². The van der Waals surface area contributed by atoms with Gasteiger partial charge in [-0.15, -0.1) is 0 Å². The van der Waals surface area contributed by atoms with Crippen molar-refractivity contribution in [1.29, 1.82) is 0 Å². The van der Waals surface area contributed by atoms with E-state index in [0.29, 0.717) is 19.4 Å². The predicted octanol–water partition coefficient (Wildman–Crippen LogP) is 2.68. The average molecular weight is 244 g/mol. The first-order valence-electron chi connectivity index (χ1n) is 6.14. The number of ketones is 2. The first-order valence-corrected chi connectivity index (χ1v) is 6.14. The molecule has 0 bridgehead atoms. The minimum absolute atomic E-state index is 0.0434. The Balaban J connectivity index is 0. The molecule has 4 heteroatoms. The minimum atomic E-state index is -0.182. The Kier molecular flexibility index (Phi) is 13.8. The third kappa shape index (κ3) is 17.4. The molecule has 0 N–H and O–H groups in total. The van der Waals surface area contributed by atoms with Gasteiger partial charge < -0.3 is 4.74 Å². The van der Waals surface area contributed by atoms with Crippen LogP contribution in [0.5, 0.6) is 0 Å². The highest BCUT2D eigenvalue weighted by atomic mass is 16.5. The lowest BCUT2D eigenvalue weighted by molar-refractivity contribution is -0.141. The predicted molar refractivity (Wildman–Crippen MR) is 66.8 cm³/mol. The van der Waals surface area contributed by atoms with E-state index < -0.39 is 0 Å². The molecule has 0 unspecified atom stereocenters. The Hall–Kier alpha value is -1.19. The molecule has 0 spiro atoms. The standard InChI is InChI=1S/C7H12O2.C6H12O2/c1-3-6(8)5-7(9)4-2;1-3-4-5-8-6(2)7/h3-5H2,1-2H3;3-5H2,1-2H3. The largest absolute Gasteiger partial charge is 0.466 e. The van der Waals surface area contributed by atoms with Crippen LogP contribution in [0.3, 0.4) is 0 Å². The van der Waals surface area contributed by atoms with Gasteiger partial charge in [0.25, 0.3) is 0 Å². The Morgan fingerprint density at radius 1 is 0.941 bits per heavy atom. The number of esters is 1. The van der Waals surface area contributed by atoms with Gasteiger partial charge in [0.1, 0.15) is 11.6 Å². The Morgan fingerprint density at radius 3 is 1.71 bits per heavy atom. The lowest BCUT2D eigenvalue weighted by atomic mass is 10.1. The van der Waals surface area contributed by atoms with E-state index in [1.165, 1.54) is 6.92 Å². The van der Waals surface area contributed by atoms with Gasteiger partial charge >= 0.3 is 5.97 Å². The summed E-state index contributed by atoms with van der Waals surface area (Å²) in [6.07, 6.45) is 3.14. The summed E-state index contributed by atoms with van der Waals surface area (Å²) in [5, 5.41) is 0. The maximum absolute atomic E-state index is 10.6. The smallest absolute Gasteiger partial charge is 0.302 e. The maximum atomic E-state index is 10.6. The molecule has 0 rings (SSSR count). The first kappa shape index (κ1) is 18.2. The molecule has 0 fully saturated rings. The van der Waals surface area contributed by atoms with Crippen molar-refractivity contribution >= 4 is 17.5 Å². The summed E-state index contributed by atoms with van der Waals surface area (Å²) in [5.41, 5.74) is 0. The molecule has 0 aliphatic carbocycles. The molecule has 0 aromatic heterocycles. The second-order valence-electron chi connectivity index (χ2n) is 3.65. The average Bonchev–Trinajstić information content (AvgIpc) is 2.29. The van der Waals surface area contributed by atoms with Crippen LogP contribution in [0.25, 0.3) is 0 Å². The summed E-state index contributed by atoms with van der Waals surface area (Å²) in [6, 6.07) is 0. The molecule has 0 saturated carbocycles. The van der Waals surface area contributed by atoms with E-state index in [4.69, 9.17) is 0 Å². The van der Waals surface area contributed by atoms with Crippen LogP contribution >= 0.6 is 0 Å². The van der Waals surface area contributed by atoms with Gasteiger partial charge in [0.15, 0.2) is 0 Å². The zero-order chi connectivity index (χ0) is 13.7. The molecule has 0 aromatic rings. The van der Waals surface area contributed by atoms with E-state index in [1.807, 2.05) is 0 Å². The van der Waals surface area contributed by atoms with Crippen molar-refractivity contribution in [1.82, 2.24) is 0 Å². The van der Waals surface area contributed by atoms with Crippen molar-refractivity contribution in [2.24, 2.45) is 0 Å². The minimum Gasteiger partial charge on any atom is -0.466 e. The van der Waals surface area contributed by atoms with Crippen LogP contribution in [0, 0.1) is 0 Å². The molecule has 17 heavy (non-hydrogen) atoms. The van der Waals surface area contributed by atoms with Crippen LogP contribution in [-0.4, -0.2) is 24.1 Å². The number of unbranched alkanes of at least 4 members (excludes halogenated alkanes) is 1.